The average Bonchev–Trinajstić information content (AvgIpc) is 2.78. The van der Waals surface area contributed by atoms with Gasteiger partial charge in [-0.15, -0.1) is 0 Å². The van der Waals surface area contributed by atoms with Crippen molar-refractivity contribution in [2.24, 2.45) is 0 Å². The Morgan fingerprint density at radius 2 is 2.41 bits per heavy atom. The summed E-state index contributed by atoms with van der Waals surface area (Å²) in [6, 6.07) is 7.47. The van der Waals surface area contributed by atoms with Crippen LogP contribution >= 0.6 is 0 Å². The molecule has 0 bridgehead atoms. The molecule has 0 aliphatic carbocycles. The predicted molar refractivity (Wildman–Crippen MR) is 64.0 cm³/mol. The van der Waals surface area contributed by atoms with Gasteiger partial charge < -0.3 is 10.1 Å². The summed E-state index contributed by atoms with van der Waals surface area (Å²) in [5.41, 5.74) is 1.35. The lowest BCUT2D eigenvalue weighted by Gasteiger charge is -2.01. The van der Waals surface area contributed by atoms with E-state index in [1.165, 1.54) is 0 Å². The van der Waals surface area contributed by atoms with Crippen LogP contribution in [0.25, 0.3) is 5.52 Å². The summed E-state index contributed by atoms with van der Waals surface area (Å²) in [5, 5.41) is 6.98. The van der Waals surface area contributed by atoms with Crippen molar-refractivity contribution in [3.8, 4) is 0 Å². The van der Waals surface area contributed by atoms with Crippen LogP contribution in [0.4, 0.5) is 0 Å². The molecule has 0 aliphatic heterocycles. The Bertz CT molecular complexity index is 474. The number of hydrogen-bond acceptors (Lipinski definition) is 3. The van der Waals surface area contributed by atoms with Gasteiger partial charge in [0.1, 0.15) is 0 Å². The zero-order chi connectivity index (χ0) is 12.1. The molecule has 2 rings (SSSR count). The van der Waals surface area contributed by atoms with Crippen LogP contribution in [-0.4, -0.2) is 35.8 Å². The molecule has 0 fully saturated rings. The van der Waals surface area contributed by atoms with Crippen LogP contribution in [0.5, 0.6) is 0 Å². The molecule has 0 radical (unpaired) electrons. The van der Waals surface area contributed by atoms with Gasteiger partial charge in [-0.05, 0) is 24.6 Å². The molecule has 0 aromatic carbocycles. The number of nitrogens with zero attached hydrogens (tertiary/aromatic N) is 2. The Kier molecular flexibility index (Phi) is 3.72. The maximum absolute atomic E-state index is 11.7. The lowest BCUT2D eigenvalue weighted by Crippen LogP contribution is -2.25. The fourth-order valence-corrected chi connectivity index (χ4v) is 1.56. The van der Waals surface area contributed by atoms with Crippen molar-refractivity contribution in [1.82, 2.24) is 14.9 Å². The molecule has 90 valence electrons. The van der Waals surface area contributed by atoms with E-state index in [4.69, 9.17) is 4.74 Å². The van der Waals surface area contributed by atoms with Gasteiger partial charge in [0.2, 0.25) is 0 Å². The fraction of sp³-hybridized carbons (Fsp3) is 0.333. The lowest BCUT2D eigenvalue weighted by molar-refractivity contribution is 0.0943. The minimum atomic E-state index is -0.148. The molecule has 1 N–H and O–H groups in total. The summed E-state index contributed by atoms with van der Waals surface area (Å²) >= 11 is 0. The molecule has 2 aromatic rings. The van der Waals surface area contributed by atoms with Gasteiger partial charge in [0, 0.05) is 26.5 Å². The van der Waals surface area contributed by atoms with Crippen LogP contribution in [0, 0.1) is 0 Å². The third-order valence-corrected chi connectivity index (χ3v) is 2.41. The minimum Gasteiger partial charge on any atom is -0.385 e. The van der Waals surface area contributed by atoms with Crippen molar-refractivity contribution in [2.75, 3.05) is 20.3 Å². The van der Waals surface area contributed by atoms with E-state index in [1.807, 2.05) is 24.4 Å². The highest BCUT2D eigenvalue weighted by molar-refractivity contribution is 5.93. The molecule has 2 heterocycles. The zero-order valence-corrected chi connectivity index (χ0v) is 9.72. The number of ether oxygens (including phenoxy) is 1. The average molecular weight is 233 g/mol. The number of nitrogens with one attached hydrogen (secondary N) is 1. The molecule has 0 saturated carbocycles. The first-order valence-corrected chi connectivity index (χ1v) is 5.53. The van der Waals surface area contributed by atoms with Gasteiger partial charge in [0.05, 0.1) is 5.52 Å². The molecule has 2 aromatic heterocycles. The first-order valence-electron chi connectivity index (χ1n) is 5.53. The van der Waals surface area contributed by atoms with Gasteiger partial charge in [-0.1, -0.05) is 6.07 Å². The van der Waals surface area contributed by atoms with E-state index in [2.05, 4.69) is 10.4 Å². The largest absolute Gasteiger partial charge is 0.385 e. The number of methoxy groups -OCH3 is 1. The molecule has 17 heavy (non-hydrogen) atoms. The molecule has 5 nitrogen and oxygen atoms in total. The molecule has 5 heteroatoms. The van der Waals surface area contributed by atoms with E-state index >= 15 is 0 Å². The standard InChI is InChI=1S/C12H15N3O2/c1-17-8-4-6-13-12(16)11-9-10-5-2-3-7-15(10)14-11/h2-3,5,7,9H,4,6,8H2,1H3,(H,13,16). The summed E-state index contributed by atoms with van der Waals surface area (Å²) < 4.78 is 6.59. The Labute approximate surface area is 99.4 Å². The summed E-state index contributed by atoms with van der Waals surface area (Å²) in [5.74, 6) is -0.148. The van der Waals surface area contributed by atoms with Gasteiger partial charge in [0.15, 0.2) is 5.69 Å². The second-order valence-electron chi connectivity index (χ2n) is 3.70. The van der Waals surface area contributed by atoms with Crippen LogP contribution in [-0.2, 0) is 4.74 Å². The number of hydrogen-bond donors (Lipinski definition) is 1. The number of pyridine rings is 1. The number of fused-ring (bicyclic) bond motifs is 1. The van der Waals surface area contributed by atoms with Crippen molar-refractivity contribution in [3.63, 3.8) is 0 Å². The highest BCUT2D eigenvalue weighted by atomic mass is 16.5. The lowest BCUT2D eigenvalue weighted by atomic mass is 10.3. The molecule has 0 atom stereocenters. The third-order valence-electron chi connectivity index (χ3n) is 2.41. The predicted octanol–water partition coefficient (Wildman–Crippen LogP) is 1.10. The van der Waals surface area contributed by atoms with E-state index in [1.54, 1.807) is 17.7 Å². The van der Waals surface area contributed by atoms with E-state index in [0.717, 1.165) is 11.9 Å². The van der Waals surface area contributed by atoms with E-state index in [-0.39, 0.29) is 5.91 Å². The van der Waals surface area contributed by atoms with Gasteiger partial charge in [-0.25, -0.2) is 4.52 Å². The first kappa shape index (κ1) is 11.6. The number of rotatable bonds is 5. The quantitative estimate of drug-likeness (QED) is 0.787. The molecule has 0 aliphatic rings. The van der Waals surface area contributed by atoms with Crippen LogP contribution in [0.3, 0.4) is 0 Å². The number of carbonyl (C=O) groups excluding carboxylic acids is 1. The van der Waals surface area contributed by atoms with Crippen LogP contribution in [0.2, 0.25) is 0 Å². The van der Waals surface area contributed by atoms with Crippen molar-refractivity contribution in [3.05, 3.63) is 36.2 Å². The summed E-state index contributed by atoms with van der Waals surface area (Å²) in [6.45, 7) is 1.24. The SMILES string of the molecule is COCCCNC(=O)c1cc2ccccn2n1. The third kappa shape index (κ3) is 2.82. The van der Waals surface area contributed by atoms with Crippen LogP contribution in [0.1, 0.15) is 16.9 Å². The Morgan fingerprint density at radius 1 is 1.53 bits per heavy atom. The monoisotopic (exact) mass is 233 g/mol. The Hall–Kier alpha value is -1.88. The van der Waals surface area contributed by atoms with Crippen LogP contribution in [0.15, 0.2) is 30.5 Å². The molecular weight excluding hydrogens is 218 g/mol. The molecule has 0 spiro atoms. The van der Waals surface area contributed by atoms with Gasteiger partial charge in [-0.3, -0.25) is 4.79 Å². The van der Waals surface area contributed by atoms with E-state index < -0.39 is 0 Å². The first-order chi connectivity index (χ1) is 8.31. The van der Waals surface area contributed by atoms with Crippen molar-refractivity contribution >= 4 is 11.4 Å². The van der Waals surface area contributed by atoms with Crippen LogP contribution < -0.4 is 5.32 Å². The minimum absolute atomic E-state index is 0.148. The number of amides is 1. The molecular formula is C12H15N3O2. The second-order valence-corrected chi connectivity index (χ2v) is 3.70. The van der Waals surface area contributed by atoms with Gasteiger partial charge >= 0.3 is 0 Å². The zero-order valence-electron chi connectivity index (χ0n) is 9.72. The van der Waals surface area contributed by atoms with Crippen molar-refractivity contribution < 1.29 is 9.53 Å². The smallest absolute Gasteiger partial charge is 0.271 e. The van der Waals surface area contributed by atoms with Crippen molar-refractivity contribution in [2.45, 2.75) is 6.42 Å². The molecule has 0 saturated heterocycles. The fourth-order valence-electron chi connectivity index (χ4n) is 1.56. The second kappa shape index (κ2) is 5.45. The number of aromatic nitrogens is 2. The maximum atomic E-state index is 11.7. The maximum Gasteiger partial charge on any atom is 0.271 e. The Balaban J connectivity index is 1.99. The van der Waals surface area contributed by atoms with E-state index in [0.29, 0.717) is 18.8 Å². The summed E-state index contributed by atoms with van der Waals surface area (Å²) in [6.07, 6.45) is 2.62. The van der Waals surface area contributed by atoms with E-state index in [9.17, 15) is 4.79 Å². The topological polar surface area (TPSA) is 55.6 Å². The molecule has 0 unspecified atom stereocenters. The van der Waals surface area contributed by atoms with Gasteiger partial charge in [-0.2, -0.15) is 5.10 Å². The normalized spacial score (nSPS) is 10.6. The summed E-state index contributed by atoms with van der Waals surface area (Å²) in [7, 11) is 1.64. The molecule has 1 amide bonds. The van der Waals surface area contributed by atoms with Gasteiger partial charge in [0.25, 0.3) is 5.91 Å². The summed E-state index contributed by atoms with van der Waals surface area (Å²) in [4.78, 5) is 11.7. The highest BCUT2D eigenvalue weighted by Crippen LogP contribution is 2.05. The Morgan fingerprint density at radius 3 is 3.18 bits per heavy atom. The number of carbonyl (C=O) groups is 1. The highest BCUT2D eigenvalue weighted by Gasteiger charge is 2.09. The van der Waals surface area contributed by atoms with Crippen molar-refractivity contribution in [1.29, 1.82) is 0 Å².